The van der Waals surface area contributed by atoms with Crippen molar-refractivity contribution < 1.29 is 24.9 Å². The van der Waals surface area contributed by atoms with Gasteiger partial charge in [0.2, 0.25) is 0 Å². The fraction of sp³-hybridized carbons (Fsp3) is 0.244. The van der Waals surface area contributed by atoms with E-state index in [0.717, 1.165) is 9.36 Å². The zero-order valence-corrected chi connectivity index (χ0v) is 38.3. The summed E-state index contributed by atoms with van der Waals surface area (Å²) in [5.74, 6) is -3.16. The summed E-state index contributed by atoms with van der Waals surface area (Å²) in [5, 5.41) is 76.9. The van der Waals surface area contributed by atoms with Crippen molar-refractivity contribution in [3.8, 4) is 35.4 Å². The third-order valence-corrected chi connectivity index (χ3v) is 10.6. The average molecular weight is 942 g/mol. The first kappa shape index (κ1) is 46.5. The molecule has 0 amide bonds. The zero-order chi connectivity index (χ0) is 48.7. The van der Waals surface area contributed by atoms with Crippen molar-refractivity contribution in [1.29, 1.82) is 5.26 Å². The molecule has 0 atom stereocenters. The van der Waals surface area contributed by atoms with Gasteiger partial charge >= 0.3 is 17.9 Å². The van der Waals surface area contributed by atoms with E-state index < -0.39 is 28.8 Å². The number of benzene rings is 2. The smallest absolute Gasteiger partial charge is 0.335 e. The normalized spacial score (nSPS) is 12.0. The highest BCUT2D eigenvalue weighted by atomic mass is 32.2. The van der Waals surface area contributed by atoms with Gasteiger partial charge in [0, 0.05) is 16.6 Å². The number of thioether (sulfide) groups is 1. The molecule has 0 aliphatic carbocycles. The van der Waals surface area contributed by atoms with Crippen LogP contribution in [0.15, 0.2) is 74.0 Å². The number of azo groups is 2. The molecule has 340 valence electrons. The van der Waals surface area contributed by atoms with Crippen molar-refractivity contribution in [2.75, 3.05) is 17.7 Å². The van der Waals surface area contributed by atoms with E-state index in [0.29, 0.717) is 22.1 Å². The first-order chi connectivity index (χ1) is 31.7. The first-order valence-electron chi connectivity index (χ1n) is 19.6. The number of aromatic nitrogens is 11. The Bertz CT molecular complexity index is 3070. The lowest BCUT2D eigenvalue weighted by atomic mass is 9.91. The third kappa shape index (κ3) is 8.85. The van der Waals surface area contributed by atoms with Crippen LogP contribution in [-0.4, -0.2) is 87.6 Å². The summed E-state index contributed by atoms with van der Waals surface area (Å²) >= 11 is 5.52. The molecule has 0 aliphatic heterocycles. The maximum Gasteiger partial charge on any atom is 0.335 e. The second-order valence-electron chi connectivity index (χ2n) is 16.4. The highest BCUT2D eigenvalue weighted by Crippen LogP contribution is 2.43. The topological polar surface area (TPSA) is 334 Å². The molecule has 0 unspecified atom stereocenters. The van der Waals surface area contributed by atoms with Gasteiger partial charge in [0.15, 0.2) is 34.6 Å². The van der Waals surface area contributed by atoms with Crippen LogP contribution in [0.5, 0.6) is 6.01 Å². The van der Waals surface area contributed by atoms with Crippen LogP contribution in [0.3, 0.4) is 0 Å². The van der Waals surface area contributed by atoms with Crippen LogP contribution in [-0.2, 0) is 16.6 Å². The van der Waals surface area contributed by atoms with Crippen LogP contribution >= 0.6 is 24.4 Å². The van der Waals surface area contributed by atoms with Gasteiger partial charge in [-0.15, -0.1) is 32.2 Å². The first-order valence-corrected chi connectivity index (χ1v) is 21.5. The van der Waals surface area contributed by atoms with Gasteiger partial charge in [-0.3, -0.25) is 0 Å². The number of aromatic carboxylic acids is 2. The highest BCUT2D eigenvalue weighted by molar-refractivity contribution is 7.98. The van der Waals surface area contributed by atoms with E-state index in [2.05, 4.69) is 74.2 Å². The van der Waals surface area contributed by atoms with Crippen molar-refractivity contribution in [2.45, 2.75) is 63.2 Å². The number of aromatic hydroxyl groups is 1. The maximum absolute atomic E-state index is 11.8. The molecule has 0 saturated carbocycles. The molecular weight excluding hydrogens is 903 g/mol. The van der Waals surface area contributed by atoms with E-state index in [4.69, 9.17) is 23.1 Å². The number of anilines is 2. The summed E-state index contributed by atoms with van der Waals surface area (Å²) in [5.41, 5.74) is 13.6. The molecule has 7 aromatic rings. The predicted octanol–water partition coefficient (Wildman–Crippen LogP) is 7.88. The maximum atomic E-state index is 11.8. The number of hydrogen-bond donors (Lipinski definition) is 6. The second-order valence-corrected chi connectivity index (χ2v) is 17.5. The standard InChI is InChI=1S/C41H39N19O5S2/c1-40(2,3)28-25(49-51-32-23(17-42)24(18-66)53-57(32)21-13-9-11-19(15-21)35(61)62)30(43)59(54-28)37-46-38(48-39(65)47-37)60-31(44)26(29(55-60)41(4,5)6)50-52-33-27(45-7)34(67-8)56-58(33)22-14-10-12-20(16-22)36(63)64/h9-16,66H,18,43-44H2,1-6,8H3,(H,61,62)(H,63,64)(H,46,47,48,65). The van der Waals surface area contributed by atoms with Crippen LogP contribution < -0.4 is 11.5 Å². The van der Waals surface area contributed by atoms with Crippen molar-refractivity contribution in [1.82, 2.24) is 54.1 Å². The molecule has 67 heavy (non-hydrogen) atoms. The summed E-state index contributed by atoms with van der Waals surface area (Å²) in [6.45, 7) is 19.0. The third-order valence-electron chi connectivity index (χ3n) is 9.66. The number of nitrogen functional groups attached to an aromatic ring is 2. The monoisotopic (exact) mass is 941 g/mol. The van der Waals surface area contributed by atoms with Crippen LogP contribution in [0.25, 0.3) is 28.1 Å². The Morgan fingerprint density at radius 1 is 0.776 bits per heavy atom. The van der Waals surface area contributed by atoms with E-state index in [9.17, 15) is 30.2 Å². The number of nitrogens with two attached hydrogens (primary N) is 2. The number of carboxylic acids is 2. The summed E-state index contributed by atoms with van der Waals surface area (Å²) in [7, 11) is 0. The lowest BCUT2D eigenvalue weighted by Gasteiger charge is -2.15. The molecule has 0 saturated heterocycles. The summed E-state index contributed by atoms with van der Waals surface area (Å²) < 4.78 is 4.82. The van der Waals surface area contributed by atoms with Crippen molar-refractivity contribution in [2.24, 2.45) is 20.5 Å². The lowest BCUT2D eigenvalue weighted by Crippen LogP contribution is -2.16. The van der Waals surface area contributed by atoms with Crippen LogP contribution in [0.4, 0.5) is 40.3 Å². The molecule has 0 radical (unpaired) electrons. The Morgan fingerprint density at radius 2 is 1.25 bits per heavy atom. The second kappa shape index (κ2) is 17.8. The summed E-state index contributed by atoms with van der Waals surface area (Å²) in [6.07, 6.45) is 1.73. The van der Waals surface area contributed by atoms with E-state index in [1.165, 1.54) is 57.5 Å². The van der Waals surface area contributed by atoms with E-state index in [1.54, 1.807) is 18.4 Å². The quantitative estimate of drug-likeness (QED) is 0.0293. The summed E-state index contributed by atoms with van der Waals surface area (Å²) in [4.78, 5) is 40.0. The number of thiol groups is 1. The number of carbonyl (C=O) groups is 2. The van der Waals surface area contributed by atoms with Crippen molar-refractivity contribution in [3.05, 3.63) is 93.7 Å². The van der Waals surface area contributed by atoms with Crippen molar-refractivity contribution >= 4 is 76.7 Å². The van der Waals surface area contributed by atoms with E-state index in [1.807, 2.05) is 41.5 Å². The van der Waals surface area contributed by atoms with Crippen LogP contribution in [0.2, 0.25) is 0 Å². The Labute approximate surface area is 390 Å². The number of nitrogens with zero attached hydrogens (tertiary/aromatic N) is 17. The van der Waals surface area contributed by atoms with Crippen LogP contribution in [0, 0.1) is 17.9 Å². The number of carboxylic acid groups (broad SMARTS) is 2. The minimum Gasteiger partial charge on any atom is -0.479 e. The van der Waals surface area contributed by atoms with Gasteiger partial charge in [-0.1, -0.05) is 53.7 Å². The molecular formula is C41H39N19O5S2. The Hall–Kier alpha value is -8.49. The Kier molecular flexibility index (Phi) is 12.4. The largest absolute Gasteiger partial charge is 0.479 e. The van der Waals surface area contributed by atoms with Gasteiger partial charge in [-0.25, -0.2) is 23.8 Å². The minimum absolute atomic E-state index is 0.00593. The Balaban J connectivity index is 1.34. The molecule has 0 fully saturated rings. The van der Waals surface area contributed by atoms with Crippen molar-refractivity contribution in [3.63, 3.8) is 0 Å². The lowest BCUT2D eigenvalue weighted by molar-refractivity contribution is 0.0686. The fourth-order valence-electron chi connectivity index (χ4n) is 6.46. The molecule has 5 aromatic heterocycles. The minimum atomic E-state index is -1.17. The summed E-state index contributed by atoms with van der Waals surface area (Å²) in [6, 6.07) is 13.2. The SMILES string of the molecule is [C-]#[N+]c1c(SC)nn(-c2cccc(C(=O)O)c2)c1N=Nc1c(C(C)(C)C)nn(-c2nc(O)nc(-n3nc(C(C)(C)C)c(N=Nc4c(C#N)c(CS)nn4-c4cccc(C(=O)O)c4)c3N)n2)c1N. The molecule has 24 nitrogen and oxygen atoms in total. The molecule has 0 spiro atoms. The number of nitriles is 1. The highest BCUT2D eigenvalue weighted by Gasteiger charge is 2.32. The van der Waals surface area contributed by atoms with Gasteiger partial charge in [-0.05, 0) is 42.7 Å². The molecule has 0 aliphatic rings. The van der Waals surface area contributed by atoms with Gasteiger partial charge in [0.05, 0.1) is 46.2 Å². The molecule has 26 heteroatoms. The van der Waals surface area contributed by atoms with Gasteiger partial charge in [0.1, 0.15) is 16.7 Å². The van der Waals surface area contributed by atoms with E-state index in [-0.39, 0.29) is 86.1 Å². The molecule has 7 rings (SSSR count). The fourth-order valence-corrected chi connectivity index (χ4v) is 7.18. The Morgan fingerprint density at radius 3 is 1.67 bits per heavy atom. The average Bonchev–Trinajstić information content (AvgIpc) is 4.03. The van der Waals surface area contributed by atoms with Gasteiger partial charge in [0.25, 0.3) is 17.6 Å². The van der Waals surface area contributed by atoms with E-state index >= 15 is 0 Å². The number of hydrogen-bond acceptors (Lipinski definition) is 19. The van der Waals surface area contributed by atoms with Crippen LogP contribution in [0.1, 0.15) is 84.9 Å². The number of rotatable bonds is 12. The predicted molar refractivity (Wildman–Crippen MR) is 247 cm³/mol. The molecule has 5 heterocycles. The van der Waals surface area contributed by atoms with Gasteiger partial charge < -0.3 is 26.8 Å². The molecule has 0 bridgehead atoms. The van der Waals surface area contributed by atoms with Gasteiger partial charge in [-0.2, -0.15) is 62.6 Å². The zero-order valence-electron chi connectivity index (χ0n) is 36.6. The molecule has 7 N–H and O–H groups in total. The molecule has 2 aromatic carbocycles.